The van der Waals surface area contributed by atoms with Gasteiger partial charge in [0.1, 0.15) is 0 Å². The van der Waals surface area contributed by atoms with E-state index in [0.29, 0.717) is 0 Å². The third-order valence-electron chi connectivity index (χ3n) is 3.87. The van der Waals surface area contributed by atoms with Crippen molar-refractivity contribution in [2.24, 2.45) is 0 Å². The van der Waals surface area contributed by atoms with Gasteiger partial charge in [0.05, 0.1) is 12.6 Å². The number of urea groups is 1. The fraction of sp³-hybridized carbons (Fsp3) is 0.263. The van der Waals surface area contributed by atoms with E-state index in [2.05, 4.69) is 31.9 Å². The zero-order valence-electron chi connectivity index (χ0n) is 14.5. The lowest BCUT2D eigenvalue weighted by Crippen LogP contribution is -2.41. The summed E-state index contributed by atoms with van der Waals surface area (Å²) in [4.78, 5) is 24.0. The smallest absolute Gasteiger partial charge is 0.315 e. The largest absolute Gasteiger partial charge is 0.332 e. The molecule has 0 aliphatic heterocycles. The number of hydrogen-bond acceptors (Lipinski definition) is 2. The number of benzene rings is 2. The van der Waals surface area contributed by atoms with E-state index < -0.39 is 0 Å². The number of carbonyl (C=O) groups is 2. The minimum absolute atomic E-state index is 0.0954. The van der Waals surface area contributed by atoms with Crippen LogP contribution in [-0.4, -0.2) is 18.5 Å². The third-order valence-corrected chi connectivity index (χ3v) is 4.37. The highest BCUT2D eigenvalue weighted by atomic mass is 79.9. The molecule has 1 atom stereocenters. The number of anilines is 1. The van der Waals surface area contributed by atoms with Gasteiger partial charge in [-0.1, -0.05) is 40.2 Å². The molecule has 0 bridgehead atoms. The predicted octanol–water partition coefficient (Wildman–Crippen LogP) is 4.06. The molecule has 2 aromatic rings. The molecule has 0 unspecified atom stereocenters. The van der Waals surface area contributed by atoms with E-state index >= 15 is 0 Å². The van der Waals surface area contributed by atoms with E-state index in [1.54, 1.807) is 0 Å². The Hall–Kier alpha value is -2.34. The molecule has 3 N–H and O–H groups in total. The number of amides is 3. The minimum Gasteiger partial charge on any atom is -0.332 e. The highest BCUT2D eigenvalue weighted by Crippen LogP contribution is 2.20. The number of halogens is 1. The molecule has 0 heterocycles. The summed E-state index contributed by atoms with van der Waals surface area (Å²) in [5, 5.41) is 8.21. The predicted molar refractivity (Wildman–Crippen MR) is 104 cm³/mol. The average molecular weight is 404 g/mol. The monoisotopic (exact) mass is 403 g/mol. The van der Waals surface area contributed by atoms with Gasteiger partial charge in [0.2, 0.25) is 5.91 Å². The molecule has 0 radical (unpaired) electrons. The number of nitrogens with one attached hydrogen (secondary N) is 3. The Labute approximate surface area is 156 Å². The Balaban J connectivity index is 1.83. The van der Waals surface area contributed by atoms with Gasteiger partial charge in [0.25, 0.3) is 0 Å². The van der Waals surface area contributed by atoms with Crippen molar-refractivity contribution >= 4 is 33.6 Å². The molecular weight excluding hydrogens is 382 g/mol. The van der Waals surface area contributed by atoms with Gasteiger partial charge in [-0.15, -0.1) is 0 Å². The molecule has 0 aliphatic carbocycles. The first-order valence-corrected chi connectivity index (χ1v) is 8.82. The summed E-state index contributed by atoms with van der Waals surface area (Å²) in [6, 6.07) is 12.9. The van der Waals surface area contributed by atoms with Crippen LogP contribution in [0, 0.1) is 13.8 Å². The van der Waals surface area contributed by atoms with Crippen LogP contribution in [0.25, 0.3) is 0 Å². The molecule has 2 aromatic carbocycles. The van der Waals surface area contributed by atoms with Crippen molar-refractivity contribution in [3.05, 3.63) is 63.6 Å². The van der Waals surface area contributed by atoms with Crippen molar-refractivity contribution in [2.45, 2.75) is 26.8 Å². The standard InChI is InChI=1S/C19H22BrN3O2/c1-12-6-4-5-7-16(12)14(3)22-19(25)21-11-18(24)23-17-9-8-15(20)10-13(17)2/h4-10,14H,11H2,1-3H3,(H,23,24)(H2,21,22,25)/t14-/m0/s1. The Kier molecular flexibility index (Phi) is 6.58. The second-order valence-electron chi connectivity index (χ2n) is 5.91. The van der Waals surface area contributed by atoms with Gasteiger partial charge in [-0.2, -0.15) is 0 Å². The summed E-state index contributed by atoms with van der Waals surface area (Å²) < 4.78 is 0.950. The summed E-state index contributed by atoms with van der Waals surface area (Å²) in [6.07, 6.45) is 0. The van der Waals surface area contributed by atoms with E-state index in [1.165, 1.54) is 0 Å². The number of hydrogen-bond donors (Lipinski definition) is 3. The molecule has 0 saturated heterocycles. The first kappa shape index (κ1) is 19.0. The molecule has 0 aromatic heterocycles. The summed E-state index contributed by atoms with van der Waals surface area (Å²) >= 11 is 3.38. The molecule has 2 rings (SSSR count). The lowest BCUT2D eigenvalue weighted by atomic mass is 10.0. The normalized spacial score (nSPS) is 11.5. The topological polar surface area (TPSA) is 70.2 Å². The first-order valence-electron chi connectivity index (χ1n) is 8.02. The van der Waals surface area contributed by atoms with Crippen LogP contribution in [0.1, 0.15) is 29.7 Å². The van der Waals surface area contributed by atoms with Crippen molar-refractivity contribution in [2.75, 3.05) is 11.9 Å². The maximum absolute atomic E-state index is 12.0. The highest BCUT2D eigenvalue weighted by molar-refractivity contribution is 9.10. The van der Waals surface area contributed by atoms with Crippen LogP contribution in [-0.2, 0) is 4.79 Å². The Bertz CT molecular complexity index is 777. The molecule has 132 valence electrons. The van der Waals surface area contributed by atoms with Crippen LogP contribution in [0.15, 0.2) is 46.9 Å². The summed E-state index contributed by atoms with van der Waals surface area (Å²) in [5.74, 6) is -0.274. The Morgan fingerprint density at radius 2 is 1.80 bits per heavy atom. The van der Waals surface area contributed by atoms with Crippen molar-refractivity contribution in [3.63, 3.8) is 0 Å². The number of carbonyl (C=O) groups excluding carboxylic acids is 2. The van der Waals surface area contributed by atoms with E-state index in [9.17, 15) is 9.59 Å². The van der Waals surface area contributed by atoms with E-state index in [4.69, 9.17) is 0 Å². The van der Waals surface area contributed by atoms with Crippen LogP contribution in [0.5, 0.6) is 0 Å². The van der Waals surface area contributed by atoms with Crippen LogP contribution in [0.4, 0.5) is 10.5 Å². The van der Waals surface area contributed by atoms with Gasteiger partial charge in [0.15, 0.2) is 0 Å². The summed E-state index contributed by atoms with van der Waals surface area (Å²) in [6.45, 7) is 5.72. The lowest BCUT2D eigenvalue weighted by molar-refractivity contribution is -0.115. The third kappa shape index (κ3) is 5.60. The lowest BCUT2D eigenvalue weighted by Gasteiger charge is -2.17. The van der Waals surface area contributed by atoms with Gasteiger partial charge < -0.3 is 16.0 Å². The zero-order valence-corrected chi connectivity index (χ0v) is 16.1. The van der Waals surface area contributed by atoms with E-state index in [1.807, 2.05) is 63.2 Å². The second-order valence-corrected chi connectivity index (χ2v) is 6.83. The van der Waals surface area contributed by atoms with Crippen LogP contribution in [0.3, 0.4) is 0 Å². The van der Waals surface area contributed by atoms with Gasteiger partial charge >= 0.3 is 6.03 Å². The van der Waals surface area contributed by atoms with Gasteiger partial charge in [-0.3, -0.25) is 4.79 Å². The Morgan fingerprint density at radius 3 is 2.48 bits per heavy atom. The number of aryl methyl sites for hydroxylation is 2. The molecule has 6 heteroatoms. The molecule has 0 spiro atoms. The van der Waals surface area contributed by atoms with Crippen LogP contribution >= 0.6 is 15.9 Å². The van der Waals surface area contributed by atoms with Crippen molar-refractivity contribution in [1.82, 2.24) is 10.6 Å². The molecule has 5 nitrogen and oxygen atoms in total. The average Bonchev–Trinajstić information content (AvgIpc) is 2.56. The first-order chi connectivity index (χ1) is 11.9. The SMILES string of the molecule is Cc1cc(Br)ccc1NC(=O)CNC(=O)N[C@@H](C)c1ccccc1C. The van der Waals surface area contributed by atoms with Gasteiger partial charge in [0, 0.05) is 10.2 Å². The molecule has 0 fully saturated rings. The second kappa shape index (κ2) is 8.67. The van der Waals surface area contributed by atoms with Crippen molar-refractivity contribution < 1.29 is 9.59 Å². The molecule has 3 amide bonds. The van der Waals surface area contributed by atoms with Crippen molar-refractivity contribution in [3.8, 4) is 0 Å². The van der Waals surface area contributed by atoms with E-state index in [0.717, 1.165) is 26.9 Å². The summed E-state index contributed by atoms with van der Waals surface area (Å²) in [7, 11) is 0. The van der Waals surface area contributed by atoms with Gasteiger partial charge in [-0.05, 0) is 55.7 Å². The molecule has 0 saturated carbocycles. The number of rotatable bonds is 5. The maximum atomic E-state index is 12.0. The summed E-state index contributed by atoms with van der Waals surface area (Å²) in [5.41, 5.74) is 3.83. The minimum atomic E-state index is -0.376. The maximum Gasteiger partial charge on any atom is 0.315 e. The van der Waals surface area contributed by atoms with Crippen LogP contribution in [0.2, 0.25) is 0 Å². The molecule has 25 heavy (non-hydrogen) atoms. The van der Waals surface area contributed by atoms with Gasteiger partial charge in [-0.25, -0.2) is 4.79 Å². The zero-order chi connectivity index (χ0) is 18.4. The fourth-order valence-electron chi connectivity index (χ4n) is 2.52. The van der Waals surface area contributed by atoms with Crippen LogP contribution < -0.4 is 16.0 Å². The Morgan fingerprint density at radius 1 is 1.08 bits per heavy atom. The van der Waals surface area contributed by atoms with Crippen molar-refractivity contribution in [1.29, 1.82) is 0 Å². The molecular formula is C19H22BrN3O2. The fourth-order valence-corrected chi connectivity index (χ4v) is 3.00. The quantitative estimate of drug-likeness (QED) is 0.703. The van der Waals surface area contributed by atoms with E-state index in [-0.39, 0.29) is 24.5 Å². The molecule has 0 aliphatic rings. The highest BCUT2D eigenvalue weighted by Gasteiger charge is 2.12.